The maximum absolute atomic E-state index is 12.5. The van der Waals surface area contributed by atoms with E-state index in [9.17, 15) is 13.2 Å². The lowest BCUT2D eigenvalue weighted by Crippen LogP contribution is -2.37. The molecule has 0 aliphatic heterocycles. The number of amides is 1. The van der Waals surface area contributed by atoms with Crippen LogP contribution >= 0.6 is 0 Å². The van der Waals surface area contributed by atoms with Gasteiger partial charge in [0.2, 0.25) is 15.9 Å². The molecule has 0 bridgehead atoms. The molecule has 0 radical (unpaired) electrons. The van der Waals surface area contributed by atoms with E-state index in [1.807, 2.05) is 26.0 Å². The standard InChI is InChI=1S/C23H30N2O5S/c1-17(2)29-21-14-10-19(11-15-21)25(31(3,27)28)16-23(26)24-18-8-12-22(13-9-18)30-20-6-4-5-7-20/h8-15,17,20H,4-7,16H2,1-3H3,(H,24,26). The van der Waals surface area contributed by atoms with Gasteiger partial charge in [0.15, 0.2) is 0 Å². The molecule has 1 aliphatic rings. The molecule has 1 fully saturated rings. The molecule has 0 atom stereocenters. The van der Waals surface area contributed by atoms with Gasteiger partial charge in [-0.25, -0.2) is 8.42 Å². The van der Waals surface area contributed by atoms with Gasteiger partial charge in [0.25, 0.3) is 0 Å². The molecule has 1 saturated carbocycles. The summed E-state index contributed by atoms with van der Waals surface area (Å²) in [6.45, 7) is 3.49. The Morgan fingerprint density at radius 3 is 2.16 bits per heavy atom. The zero-order valence-electron chi connectivity index (χ0n) is 18.2. The van der Waals surface area contributed by atoms with E-state index in [0.29, 0.717) is 17.1 Å². The molecule has 0 heterocycles. The quantitative estimate of drug-likeness (QED) is 0.624. The minimum Gasteiger partial charge on any atom is -0.491 e. The van der Waals surface area contributed by atoms with Crippen LogP contribution < -0.4 is 19.1 Å². The number of benzene rings is 2. The second kappa shape index (κ2) is 10.0. The Morgan fingerprint density at radius 1 is 1.03 bits per heavy atom. The number of hydrogen-bond donors (Lipinski definition) is 1. The van der Waals surface area contributed by atoms with E-state index < -0.39 is 15.9 Å². The van der Waals surface area contributed by atoms with Crippen molar-refractivity contribution in [2.45, 2.75) is 51.7 Å². The van der Waals surface area contributed by atoms with E-state index in [2.05, 4.69) is 5.32 Å². The molecule has 1 amide bonds. The molecule has 7 nitrogen and oxygen atoms in total. The fourth-order valence-electron chi connectivity index (χ4n) is 3.51. The molecular weight excluding hydrogens is 416 g/mol. The molecule has 0 saturated heterocycles. The summed E-state index contributed by atoms with van der Waals surface area (Å²) in [5, 5.41) is 2.75. The summed E-state index contributed by atoms with van der Waals surface area (Å²) >= 11 is 0. The molecule has 168 valence electrons. The number of carbonyl (C=O) groups is 1. The Kier molecular flexibility index (Phi) is 7.43. The Labute approximate surface area is 184 Å². The van der Waals surface area contributed by atoms with Crippen LogP contribution in [0.3, 0.4) is 0 Å². The van der Waals surface area contributed by atoms with Crippen LogP contribution in [-0.4, -0.2) is 39.3 Å². The molecule has 2 aromatic carbocycles. The van der Waals surface area contributed by atoms with Crippen molar-refractivity contribution >= 4 is 27.3 Å². The highest BCUT2D eigenvalue weighted by atomic mass is 32.2. The molecule has 0 aromatic heterocycles. The average molecular weight is 447 g/mol. The first kappa shape index (κ1) is 22.9. The summed E-state index contributed by atoms with van der Waals surface area (Å²) in [6, 6.07) is 13.8. The molecule has 0 spiro atoms. The smallest absolute Gasteiger partial charge is 0.245 e. The van der Waals surface area contributed by atoms with Crippen molar-refractivity contribution in [3.05, 3.63) is 48.5 Å². The van der Waals surface area contributed by atoms with Crippen molar-refractivity contribution in [3.63, 3.8) is 0 Å². The van der Waals surface area contributed by atoms with Crippen molar-refractivity contribution in [3.8, 4) is 11.5 Å². The van der Waals surface area contributed by atoms with Crippen LogP contribution in [-0.2, 0) is 14.8 Å². The van der Waals surface area contributed by atoms with Crippen molar-refractivity contribution in [2.24, 2.45) is 0 Å². The van der Waals surface area contributed by atoms with Gasteiger partial charge in [-0.1, -0.05) is 0 Å². The summed E-state index contributed by atoms with van der Waals surface area (Å²) in [4.78, 5) is 12.5. The van der Waals surface area contributed by atoms with Crippen LogP contribution in [0.25, 0.3) is 0 Å². The van der Waals surface area contributed by atoms with Crippen LogP contribution in [0.5, 0.6) is 11.5 Å². The average Bonchev–Trinajstić information content (AvgIpc) is 3.20. The predicted octanol–water partition coefficient (Wildman–Crippen LogP) is 4.20. The van der Waals surface area contributed by atoms with Crippen LogP contribution in [0, 0.1) is 0 Å². The summed E-state index contributed by atoms with van der Waals surface area (Å²) < 4.78 is 37.2. The fourth-order valence-corrected chi connectivity index (χ4v) is 4.37. The summed E-state index contributed by atoms with van der Waals surface area (Å²) in [5.41, 5.74) is 0.979. The summed E-state index contributed by atoms with van der Waals surface area (Å²) in [5.74, 6) is 0.973. The van der Waals surface area contributed by atoms with Crippen LogP contribution in [0.4, 0.5) is 11.4 Å². The second-order valence-corrected chi connectivity index (χ2v) is 9.93. The van der Waals surface area contributed by atoms with E-state index in [1.165, 1.54) is 12.8 Å². The van der Waals surface area contributed by atoms with E-state index in [0.717, 1.165) is 29.2 Å². The highest BCUT2D eigenvalue weighted by Gasteiger charge is 2.21. The van der Waals surface area contributed by atoms with E-state index in [-0.39, 0.29) is 18.8 Å². The van der Waals surface area contributed by atoms with E-state index >= 15 is 0 Å². The van der Waals surface area contributed by atoms with Crippen molar-refractivity contribution in [1.29, 1.82) is 0 Å². The topological polar surface area (TPSA) is 84.9 Å². The Balaban J connectivity index is 1.63. The lowest BCUT2D eigenvalue weighted by Gasteiger charge is -2.22. The number of carbonyl (C=O) groups excluding carboxylic acids is 1. The Morgan fingerprint density at radius 2 is 1.61 bits per heavy atom. The van der Waals surface area contributed by atoms with Crippen molar-refractivity contribution in [2.75, 3.05) is 22.4 Å². The molecule has 1 N–H and O–H groups in total. The number of nitrogens with zero attached hydrogens (tertiary/aromatic N) is 1. The first-order chi connectivity index (χ1) is 14.7. The molecule has 31 heavy (non-hydrogen) atoms. The highest BCUT2D eigenvalue weighted by molar-refractivity contribution is 7.92. The number of sulfonamides is 1. The summed E-state index contributed by atoms with van der Waals surface area (Å²) in [7, 11) is -3.65. The Bertz CT molecular complexity index is 966. The van der Waals surface area contributed by atoms with Gasteiger partial charge in [0, 0.05) is 5.69 Å². The SMILES string of the molecule is CC(C)Oc1ccc(N(CC(=O)Nc2ccc(OC3CCCC3)cc2)S(C)(=O)=O)cc1. The van der Waals surface area contributed by atoms with Gasteiger partial charge in [0.05, 0.1) is 24.2 Å². The monoisotopic (exact) mass is 446 g/mol. The molecule has 3 rings (SSSR count). The lowest BCUT2D eigenvalue weighted by molar-refractivity contribution is -0.114. The van der Waals surface area contributed by atoms with Gasteiger partial charge in [-0.05, 0) is 88.1 Å². The molecular formula is C23H30N2O5S. The van der Waals surface area contributed by atoms with Crippen molar-refractivity contribution < 1.29 is 22.7 Å². The minimum absolute atomic E-state index is 0.0117. The van der Waals surface area contributed by atoms with E-state index in [1.54, 1.807) is 36.4 Å². The van der Waals surface area contributed by atoms with Crippen LogP contribution in [0.1, 0.15) is 39.5 Å². The lowest BCUT2D eigenvalue weighted by atomic mass is 10.2. The minimum atomic E-state index is -3.65. The maximum Gasteiger partial charge on any atom is 0.245 e. The third-order valence-electron chi connectivity index (χ3n) is 4.93. The third kappa shape index (κ3) is 6.89. The van der Waals surface area contributed by atoms with Gasteiger partial charge < -0.3 is 14.8 Å². The first-order valence-corrected chi connectivity index (χ1v) is 12.4. The third-order valence-corrected chi connectivity index (χ3v) is 6.07. The number of hydrogen-bond acceptors (Lipinski definition) is 5. The van der Waals surface area contributed by atoms with Gasteiger partial charge in [-0.3, -0.25) is 9.10 Å². The zero-order valence-corrected chi connectivity index (χ0v) is 19.0. The fraction of sp³-hybridized carbons (Fsp3) is 0.435. The van der Waals surface area contributed by atoms with Gasteiger partial charge in [0.1, 0.15) is 18.0 Å². The van der Waals surface area contributed by atoms with Gasteiger partial charge in [-0.15, -0.1) is 0 Å². The number of nitrogens with one attached hydrogen (secondary N) is 1. The zero-order chi connectivity index (χ0) is 22.4. The van der Waals surface area contributed by atoms with E-state index in [4.69, 9.17) is 9.47 Å². The first-order valence-electron chi connectivity index (χ1n) is 10.5. The number of ether oxygens (including phenoxy) is 2. The Hall–Kier alpha value is -2.74. The number of anilines is 2. The molecule has 8 heteroatoms. The van der Waals surface area contributed by atoms with Crippen LogP contribution in [0.2, 0.25) is 0 Å². The van der Waals surface area contributed by atoms with Gasteiger partial charge >= 0.3 is 0 Å². The normalized spacial score (nSPS) is 14.5. The largest absolute Gasteiger partial charge is 0.491 e. The highest BCUT2D eigenvalue weighted by Crippen LogP contribution is 2.25. The maximum atomic E-state index is 12.5. The molecule has 2 aromatic rings. The van der Waals surface area contributed by atoms with Crippen LogP contribution in [0.15, 0.2) is 48.5 Å². The molecule has 1 aliphatic carbocycles. The van der Waals surface area contributed by atoms with Crippen molar-refractivity contribution in [1.82, 2.24) is 0 Å². The summed E-state index contributed by atoms with van der Waals surface area (Å²) in [6.07, 6.45) is 5.90. The predicted molar refractivity (Wildman–Crippen MR) is 122 cm³/mol. The number of rotatable bonds is 9. The second-order valence-electron chi connectivity index (χ2n) is 8.03. The van der Waals surface area contributed by atoms with Gasteiger partial charge in [-0.2, -0.15) is 0 Å². The molecule has 0 unspecified atom stereocenters.